The molecule has 6 heteroatoms. The fourth-order valence-corrected chi connectivity index (χ4v) is 4.85. The normalized spacial score (nSPS) is 15.0. The van der Waals surface area contributed by atoms with E-state index in [0.29, 0.717) is 16.9 Å². The topological polar surface area (TPSA) is 67.6 Å². The van der Waals surface area contributed by atoms with Gasteiger partial charge in [-0.2, -0.15) is 0 Å². The molecule has 0 amide bonds. The number of hydrogen-bond donors (Lipinski definition) is 1. The average molecular weight is 425 g/mol. The SMILES string of the molecule is COc1ccc(Nc2cc(N3CCCCC3)c3noc4c3c2C(=O)c2ccccc2-4)cc1. The number of benzene rings is 3. The van der Waals surface area contributed by atoms with Crippen LogP contribution in [-0.2, 0) is 0 Å². The molecule has 1 aliphatic carbocycles. The van der Waals surface area contributed by atoms with Crippen molar-refractivity contribution in [3.8, 4) is 17.1 Å². The van der Waals surface area contributed by atoms with E-state index >= 15 is 0 Å². The van der Waals surface area contributed by atoms with Gasteiger partial charge < -0.3 is 19.5 Å². The van der Waals surface area contributed by atoms with Crippen LogP contribution in [0.15, 0.2) is 59.1 Å². The summed E-state index contributed by atoms with van der Waals surface area (Å²) in [7, 11) is 1.65. The molecule has 2 heterocycles. The predicted octanol–water partition coefficient (Wildman–Crippen LogP) is 5.78. The van der Waals surface area contributed by atoms with Crippen LogP contribution in [0.5, 0.6) is 5.75 Å². The Hall–Kier alpha value is -3.80. The van der Waals surface area contributed by atoms with E-state index in [-0.39, 0.29) is 5.78 Å². The van der Waals surface area contributed by atoms with E-state index in [1.807, 2.05) is 48.5 Å². The van der Waals surface area contributed by atoms with Gasteiger partial charge in [0.2, 0.25) is 0 Å². The number of piperidine rings is 1. The van der Waals surface area contributed by atoms with E-state index in [4.69, 9.17) is 9.26 Å². The second-order valence-electron chi connectivity index (χ2n) is 8.33. The average Bonchev–Trinajstić information content (AvgIpc) is 3.29. The lowest BCUT2D eigenvalue weighted by Gasteiger charge is -2.30. The van der Waals surface area contributed by atoms with Crippen molar-refractivity contribution >= 4 is 33.7 Å². The number of carbonyl (C=O) groups is 1. The van der Waals surface area contributed by atoms with Gasteiger partial charge in [0.05, 0.1) is 29.4 Å². The van der Waals surface area contributed by atoms with E-state index in [0.717, 1.165) is 65.2 Å². The molecular weight excluding hydrogens is 402 g/mol. The number of ketones is 1. The summed E-state index contributed by atoms with van der Waals surface area (Å²) < 4.78 is 11.1. The predicted molar refractivity (Wildman–Crippen MR) is 125 cm³/mol. The molecule has 0 bridgehead atoms. The second kappa shape index (κ2) is 7.41. The molecule has 0 atom stereocenters. The van der Waals surface area contributed by atoms with Crippen LogP contribution in [0.3, 0.4) is 0 Å². The molecule has 0 radical (unpaired) electrons. The first kappa shape index (κ1) is 18.9. The summed E-state index contributed by atoms with van der Waals surface area (Å²) in [6, 6.07) is 17.4. The minimum atomic E-state index is -0.0116. The number of nitrogens with zero attached hydrogens (tertiary/aromatic N) is 2. The highest BCUT2D eigenvalue weighted by atomic mass is 16.5. The first-order valence-corrected chi connectivity index (χ1v) is 11.0. The van der Waals surface area contributed by atoms with Gasteiger partial charge in [-0.1, -0.05) is 29.4 Å². The lowest BCUT2D eigenvalue weighted by molar-refractivity contribution is 0.104. The molecule has 6 nitrogen and oxygen atoms in total. The zero-order valence-corrected chi connectivity index (χ0v) is 17.9. The maximum absolute atomic E-state index is 13.6. The zero-order chi connectivity index (χ0) is 21.7. The van der Waals surface area contributed by atoms with Crippen molar-refractivity contribution in [2.75, 3.05) is 30.4 Å². The first-order valence-electron chi connectivity index (χ1n) is 11.0. The fourth-order valence-electron chi connectivity index (χ4n) is 4.85. The van der Waals surface area contributed by atoms with Gasteiger partial charge in [0.25, 0.3) is 0 Å². The standard InChI is InChI=1S/C26H23N3O3/c1-31-17-11-9-16(10-12-17)27-20-15-21(29-13-5-2-6-14-29)24-23-22(20)25(30)18-7-3-4-8-19(18)26(23)32-28-24/h3-4,7-12,15,27H,2,5-6,13-14H2,1H3. The van der Waals surface area contributed by atoms with Crippen molar-refractivity contribution < 1.29 is 14.1 Å². The van der Waals surface area contributed by atoms with Crippen LogP contribution in [-0.4, -0.2) is 31.1 Å². The maximum atomic E-state index is 13.6. The van der Waals surface area contributed by atoms with Crippen LogP contribution in [0.4, 0.5) is 17.1 Å². The molecule has 2 aliphatic rings. The third-order valence-electron chi connectivity index (χ3n) is 6.44. The van der Waals surface area contributed by atoms with E-state index in [1.165, 1.54) is 6.42 Å². The Morgan fingerprint density at radius 2 is 1.75 bits per heavy atom. The largest absolute Gasteiger partial charge is 0.497 e. The molecule has 3 aromatic carbocycles. The van der Waals surface area contributed by atoms with E-state index in [9.17, 15) is 4.79 Å². The number of fused-ring (bicyclic) bond motifs is 2. The van der Waals surface area contributed by atoms with Crippen LogP contribution >= 0.6 is 0 Å². The van der Waals surface area contributed by atoms with Crippen LogP contribution in [0.25, 0.3) is 22.2 Å². The highest BCUT2D eigenvalue weighted by Gasteiger charge is 2.33. The van der Waals surface area contributed by atoms with Crippen molar-refractivity contribution in [1.29, 1.82) is 0 Å². The molecule has 0 spiro atoms. The monoisotopic (exact) mass is 425 g/mol. The quantitative estimate of drug-likeness (QED) is 0.394. The lowest BCUT2D eigenvalue weighted by Crippen LogP contribution is -2.29. The van der Waals surface area contributed by atoms with Crippen LogP contribution in [0, 0.1) is 0 Å². The highest BCUT2D eigenvalue weighted by Crippen LogP contribution is 2.46. The van der Waals surface area contributed by atoms with Crippen LogP contribution in [0.1, 0.15) is 35.2 Å². The van der Waals surface area contributed by atoms with E-state index < -0.39 is 0 Å². The molecule has 1 fully saturated rings. The van der Waals surface area contributed by atoms with Gasteiger partial charge in [0, 0.05) is 29.9 Å². The molecule has 6 rings (SSSR count). The Labute approximate surface area is 185 Å². The van der Waals surface area contributed by atoms with Gasteiger partial charge in [0.1, 0.15) is 11.3 Å². The number of hydrogen-bond acceptors (Lipinski definition) is 6. The van der Waals surface area contributed by atoms with Gasteiger partial charge in [-0.15, -0.1) is 0 Å². The van der Waals surface area contributed by atoms with Crippen molar-refractivity contribution in [2.45, 2.75) is 19.3 Å². The molecule has 0 saturated carbocycles. The summed E-state index contributed by atoms with van der Waals surface area (Å²) in [4.78, 5) is 16.0. The molecule has 1 N–H and O–H groups in total. The Balaban J connectivity index is 1.58. The molecule has 32 heavy (non-hydrogen) atoms. The van der Waals surface area contributed by atoms with E-state index in [2.05, 4.69) is 21.4 Å². The molecule has 4 aromatic rings. The first-order chi connectivity index (χ1) is 15.7. The Kier molecular flexibility index (Phi) is 4.38. The molecule has 1 aliphatic heterocycles. The molecule has 0 unspecified atom stereocenters. The van der Waals surface area contributed by atoms with Gasteiger partial charge in [-0.25, -0.2) is 0 Å². The van der Waals surface area contributed by atoms with Crippen molar-refractivity contribution in [3.63, 3.8) is 0 Å². The summed E-state index contributed by atoms with van der Waals surface area (Å²) in [5.41, 5.74) is 5.50. The second-order valence-corrected chi connectivity index (χ2v) is 8.33. The Morgan fingerprint density at radius 3 is 2.50 bits per heavy atom. The van der Waals surface area contributed by atoms with Crippen molar-refractivity contribution in [2.24, 2.45) is 0 Å². The van der Waals surface area contributed by atoms with Crippen molar-refractivity contribution in [1.82, 2.24) is 5.16 Å². The number of anilines is 3. The van der Waals surface area contributed by atoms with Crippen LogP contribution in [0.2, 0.25) is 0 Å². The minimum absolute atomic E-state index is 0.0116. The Bertz CT molecular complexity index is 1330. The minimum Gasteiger partial charge on any atom is -0.497 e. The zero-order valence-electron chi connectivity index (χ0n) is 17.9. The molecular formula is C26H23N3O3. The van der Waals surface area contributed by atoms with E-state index in [1.54, 1.807) is 7.11 Å². The molecule has 1 aromatic heterocycles. The third kappa shape index (κ3) is 2.87. The summed E-state index contributed by atoms with van der Waals surface area (Å²) >= 11 is 0. The fraction of sp³-hybridized carbons (Fsp3) is 0.231. The Morgan fingerprint density at radius 1 is 1.00 bits per heavy atom. The van der Waals surface area contributed by atoms with Crippen molar-refractivity contribution in [3.05, 3.63) is 65.7 Å². The number of methoxy groups -OCH3 is 1. The van der Waals surface area contributed by atoms with Gasteiger partial charge >= 0.3 is 0 Å². The molecule has 160 valence electrons. The van der Waals surface area contributed by atoms with Gasteiger partial charge in [0.15, 0.2) is 11.5 Å². The third-order valence-corrected chi connectivity index (χ3v) is 6.44. The summed E-state index contributed by atoms with van der Waals surface area (Å²) in [6.45, 7) is 1.95. The summed E-state index contributed by atoms with van der Waals surface area (Å²) in [5.74, 6) is 1.44. The molecule has 1 saturated heterocycles. The maximum Gasteiger partial charge on any atom is 0.196 e. The van der Waals surface area contributed by atoms with Gasteiger partial charge in [-0.3, -0.25) is 4.79 Å². The number of carbonyl (C=O) groups excluding carboxylic acids is 1. The summed E-state index contributed by atoms with van der Waals surface area (Å²) in [6.07, 6.45) is 3.54. The highest BCUT2D eigenvalue weighted by molar-refractivity contribution is 6.28. The van der Waals surface area contributed by atoms with Crippen LogP contribution < -0.4 is 15.0 Å². The van der Waals surface area contributed by atoms with Gasteiger partial charge in [-0.05, 0) is 49.6 Å². The smallest absolute Gasteiger partial charge is 0.196 e. The lowest BCUT2D eigenvalue weighted by atomic mass is 9.86. The number of nitrogens with one attached hydrogen (secondary N) is 1. The number of ether oxygens (including phenoxy) is 1. The summed E-state index contributed by atoms with van der Waals surface area (Å²) in [5, 5.41) is 8.74. The number of aromatic nitrogens is 1. The number of rotatable bonds is 4.